The average Bonchev–Trinajstić information content (AvgIpc) is 3.24. The first-order valence-corrected chi connectivity index (χ1v) is 10.1. The number of thiophene rings is 1. The monoisotopic (exact) mass is 488 g/mol. The normalized spacial score (nSPS) is 11.8. The Balaban J connectivity index is 0.000000192. The lowest BCUT2D eigenvalue weighted by Crippen LogP contribution is -2.25. The Kier molecular flexibility index (Phi) is 7.33. The largest absolute Gasteiger partial charge is 0.482 e. The molecule has 0 radical (unpaired) electrons. The minimum Gasteiger partial charge on any atom is -0.482 e. The molecule has 11 nitrogen and oxygen atoms in total. The van der Waals surface area contributed by atoms with Gasteiger partial charge in [0.05, 0.1) is 23.0 Å². The van der Waals surface area contributed by atoms with Gasteiger partial charge in [0, 0.05) is 29.9 Å². The second-order valence-electron chi connectivity index (χ2n) is 6.51. The van der Waals surface area contributed by atoms with Crippen LogP contribution in [0.4, 0.5) is 5.69 Å². The summed E-state index contributed by atoms with van der Waals surface area (Å²) in [5.74, 6) is -1.06. The number of nitrogens with two attached hydrogens (primary N) is 1. The molecule has 1 aliphatic heterocycles. The number of anilines is 1. The molecule has 0 spiro atoms. The number of amides is 1. The zero-order valence-electron chi connectivity index (χ0n) is 16.8. The summed E-state index contributed by atoms with van der Waals surface area (Å²) in [5, 5.41) is 13.6. The van der Waals surface area contributed by atoms with E-state index in [1.165, 1.54) is 29.9 Å². The summed E-state index contributed by atoms with van der Waals surface area (Å²) in [6.45, 7) is 0.554. The van der Waals surface area contributed by atoms with E-state index in [-0.39, 0.29) is 30.7 Å². The highest BCUT2D eigenvalue weighted by Crippen LogP contribution is 2.29. The standard InChI is InChI=1S/C11H6N4O3S.C9H10N2O2.ClH/c16-9-7-5(6-3-12-1-2-13-6)4-19-10(7)15-8(14-9)11(17)18;10-4-6-1-2-8-7(3-6)11-9(12)5-13-8;/h1-4H,(H,17,18)(H,14,15,16);1-3H,4-5,10H2,(H,11,12);1H. The van der Waals surface area contributed by atoms with Gasteiger partial charge in [0.15, 0.2) is 6.61 Å². The summed E-state index contributed by atoms with van der Waals surface area (Å²) in [6.07, 6.45) is 4.58. The molecule has 170 valence electrons. The smallest absolute Gasteiger partial charge is 0.372 e. The number of H-pyrrole nitrogens is 1. The quantitative estimate of drug-likeness (QED) is 0.336. The van der Waals surface area contributed by atoms with Gasteiger partial charge in [-0.05, 0) is 17.7 Å². The molecule has 33 heavy (non-hydrogen) atoms. The number of rotatable bonds is 3. The number of aromatic nitrogens is 4. The minimum absolute atomic E-state index is 0. The maximum atomic E-state index is 12.0. The fourth-order valence-electron chi connectivity index (χ4n) is 2.93. The summed E-state index contributed by atoms with van der Waals surface area (Å²) in [4.78, 5) is 48.3. The molecule has 1 aromatic carbocycles. The van der Waals surface area contributed by atoms with Crippen molar-refractivity contribution in [2.24, 2.45) is 5.73 Å². The van der Waals surface area contributed by atoms with Crippen LogP contribution in [0.2, 0.25) is 0 Å². The molecule has 5 rings (SSSR count). The number of hydrogen-bond acceptors (Lipinski definition) is 9. The predicted octanol–water partition coefficient (Wildman–Crippen LogP) is 2.04. The lowest BCUT2D eigenvalue weighted by Gasteiger charge is -2.18. The van der Waals surface area contributed by atoms with Crippen LogP contribution in [0.3, 0.4) is 0 Å². The van der Waals surface area contributed by atoms with Crippen molar-refractivity contribution in [1.82, 2.24) is 19.9 Å². The first-order valence-electron chi connectivity index (χ1n) is 9.23. The Hall–Kier alpha value is -3.87. The zero-order chi connectivity index (χ0) is 22.7. The van der Waals surface area contributed by atoms with E-state index in [4.69, 9.17) is 15.6 Å². The lowest BCUT2D eigenvalue weighted by molar-refractivity contribution is -0.118. The van der Waals surface area contributed by atoms with Gasteiger partial charge in [0.1, 0.15) is 10.6 Å². The van der Waals surface area contributed by atoms with Gasteiger partial charge in [-0.2, -0.15) is 0 Å². The Labute approximate surface area is 196 Å². The molecule has 4 aromatic rings. The van der Waals surface area contributed by atoms with Gasteiger partial charge < -0.3 is 25.9 Å². The van der Waals surface area contributed by atoms with Crippen LogP contribution in [0.25, 0.3) is 21.5 Å². The molecular formula is C20H17ClN6O5S. The maximum Gasteiger partial charge on any atom is 0.372 e. The van der Waals surface area contributed by atoms with Crippen LogP contribution < -0.4 is 21.3 Å². The van der Waals surface area contributed by atoms with E-state index in [0.29, 0.717) is 39.5 Å². The van der Waals surface area contributed by atoms with Crippen LogP contribution in [-0.4, -0.2) is 43.5 Å². The first-order chi connectivity index (χ1) is 15.5. The highest BCUT2D eigenvalue weighted by molar-refractivity contribution is 7.17. The van der Waals surface area contributed by atoms with Gasteiger partial charge in [-0.25, -0.2) is 9.78 Å². The van der Waals surface area contributed by atoms with E-state index in [2.05, 4.69) is 25.3 Å². The molecule has 5 N–H and O–H groups in total. The second-order valence-corrected chi connectivity index (χ2v) is 7.37. The number of halogens is 1. The topological polar surface area (TPSA) is 173 Å². The molecule has 0 fully saturated rings. The third-order valence-electron chi connectivity index (χ3n) is 4.40. The molecule has 0 aliphatic carbocycles. The summed E-state index contributed by atoms with van der Waals surface area (Å²) < 4.78 is 5.18. The molecule has 0 saturated heterocycles. The van der Waals surface area contributed by atoms with E-state index in [1.807, 2.05) is 18.2 Å². The van der Waals surface area contributed by atoms with Gasteiger partial charge in [-0.15, -0.1) is 23.7 Å². The van der Waals surface area contributed by atoms with Gasteiger partial charge >= 0.3 is 5.97 Å². The molecule has 13 heteroatoms. The molecule has 3 aromatic heterocycles. The number of aromatic carboxylic acids is 1. The molecule has 4 heterocycles. The highest BCUT2D eigenvalue weighted by Gasteiger charge is 2.16. The summed E-state index contributed by atoms with van der Waals surface area (Å²) in [7, 11) is 0. The number of benzene rings is 1. The number of carbonyl (C=O) groups excluding carboxylic acids is 1. The number of carboxylic acid groups (broad SMARTS) is 1. The van der Waals surface area contributed by atoms with Gasteiger partial charge in [-0.1, -0.05) is 6.07 Å². The fourth-order valence-corrected chi connectivity index (χ4v) is 3.87. The van der Waals surface area contributed by atoms with Crippen molar-refractivity contribution in [3.05, 3.63) is 63.9 Å². The second kappa shape index (κ2) is 10.2. The molecule has 1 aliphatic rings. The number of carboxylic acids is 1. The number of hydrogen-bond donors (Lipinski definition) is 4. The lowest BCUT2D eigenvalue weighted by atomic mass is 10.1. The Morgan fingerprint density at radius 1 is 1.27 bits per heavy atom. The number of ether oxygens (including phenoxy) is 1. The number of carbonyl (C=O) groups is 2. The van der Waals surface area contributed by atoms with Crippen LogP contribution in [0.5, 0.6) is 5.75 Å². The Bertz CT molecular complexity index is 1370. The average molecular weight is 489 g/mol. The van der Waals surface area contributed by atoms with E-state index in [0.717, 1.165) is 5.56 Å². The molecular weight excluding hydrogens is 472 g/mol. The van der Waals surface area contributed by atoms with E-state index >= 15 is 0 Å². The molecule has 0 unspecified atom stereocenters. The van der Waals surface area contributed by atoms with Crippen molar-refractivity contribution in [2.75, 3.05) is 11.9 Å². The summed E-state index contributed by atoms with van der Waals surface area (Å²) in [6, 6.07) is 5.53. The summed E-state index contributed by atoms with van der Waals surface area (Å²) in [5.41, 5.74) is 7.79. The van der Waals surface area contributed by atoms with Crippen molar-refractivity contribution in [2.45, 2.75) is 6.54 Å². The summed E-state index contributed by atoms with van der Waals surface area (Å²) >= 11 is 1.19. The van der Waals surface area contributed by atoms with Crippen molar-refractivity contribution >= 4 is 51.5 Å². The third-order valence-corrected chi connectivity index (χ3v) is 5.27. The molecule has 0 saturated carbocycles. The van der Waals surface area contributed by atoms with E-state index in [1.54, 1.807) is 5.38 Å². The van der Waals surface area contributed by atoms with Crippen LogP contribution >= 0.6 is 23.7 Å². The van der Waals surface area contributed by atoms with E-state index < -0.39 is 11.5 Å². The van der Waals surface area contributed by atoms with Crippen molar-refractivity contribution in [3.8, 4) is 17.0 Å². The maximum absolute atomic E-state index is 12.0. The highest BCUT2D eigenvalue weighted by atomic mass is 35.5. The first kappa shape index (κ1) is 23.8. The minimum atomic E-state index is -1.27. The van der Waals surface area contributed by atoms with Crippen molar-refractivity contribution in [1.29, 1.82) is 0 Å². The molecule has 0 atom stereocenters. The zero-order valence-corrected chi connectivity index (χ0v) is 18.4. The molecule has 1 amide bonds. The number of fused-ring (bicyclic) bond motifs is 2. The third kappa shape index (κ3) is 5.14. The van der Waals surface area contributed by atoms with Crippen LogP contribution in [-0.2, 0) is 11.3 Å². The molecule has 0 bridgehead atoms. The Morgan fingerprint density at radius 3 is 2.79 bits per heavy atom. The number of aromatic amines is 1. The van der Waals surface area contributed by atoms with Gasteiger partial charge in [0.2, 0.25) is 5.82 Å². The van der Waals surface area contributed by atoms with Crippen molar-refractivity contribution < 1.29 is 19.4 Å². The SMILES string of the molecule is Cl.NCc1ccc2c(c1)NC(=O)CO2.O=C(O)c1nc2scc(-c3cnccn3)c2c(=O)[nH]1. The van der Waals surface area contributed by atoms with E-state index in [9.17, 15) is 14.4 Å². The Morgan fingerprint density at radius 2 is 2.09 bits per heavy atom. The van der Waals surface area contributed by atoms with Crippen LogP contribution in [0.15, 0.2) is 47.0 Å². The number of nitrogens with zero attached hydrogens (tertiary/aromatic N) is 3. The predicted molar refractivity (Wildman–Crippen MR) is 124 cm³/mol. The van der Waals surface area contributed by atoms with Crippen LogP contribution in [0, 0.1) is 0 Å². The van der Waals surface area contributed by atoms with Crippen molar-refractivity contribution in [3.63, 3.8) is 0 Å². The van der Waals surface area contributed by atoms with Gasteiger partial charge in [0.25, 0.3) is 11.5 Å². The fraction of sp³-hybridized carbons (Fsp3) is 0.100. The van der Waals surface area contributed by atoms with Gasteiger partial charge in [-0.3, -0.25) is 19.6 Å². The van der Waals surface area contributed by atoms with Crippen LogP contribution in [0.1, 0.15) is 16.2 Å². The number of nitrogens with one attached hydrogen (secondary N) is 2.